The lowest BCUT2D eigenvalue weighted by Crippen LogP contribution is -2.52. The van der Waals surface area contributed by atoms with Gasteiger partial charge in [-0.1, -0.05) is 32.0 Å². The third-order valence-corrected chi connectivity index (χ3v) is 5.01. The summed E-state index contributed by atoms with van der Waals surface area (Å²) in [6.45, 7) is 2.41. The highest BCUT2D eigenvalue weighted by Crippen LogP contribution is 2.41. The highest BCUT2D eigenvalue weighted by Gasteiger charge is 2.48. The molecule has 0 aliphatic carbocycles. The van der Waals surface area contributed by atoms with Crippen LogP contribution >= 0.6 is 0 Å². The zero-order chi connectivity index (χ0) is 19.5. The summed E-state index contributed by atoms with van der Waals surface area (Å²) < 4.78 is 0. The van der Waals surface area contributed by atoms with Gasteiger partial charge in [-0.3, -0.25) is 9.59 Å². The Hall–Kier alpha value is -2.45. The maximum atomic E-state index is 12.6. The molecule has 26 heavy (non-hydrogen) atoms. The number of carbonyl (C=O) groups is 3. The molecule has 3 amide bonds. The molecule has 0 aromatic heterocycles. The van der Waals surface area contributed by atoms with Crippen LogP contribution in [0, 0.1) is 5.92 Å². The number of carboxylic acid groups (broad SMARTS) is 1. The average Bonchev–Trinajstić information content (AvgIpc) is 2.98. The summed E-state index contributed by atoms with van der Waals surface area (Å²) in [5.74, 6) is -2.10. The van der Waals surface area contributed by atoms with Gasteiger partial charge in [0.05, 0.1) is 24.4 Å². The maximum Gasteiger partial charge on any atom is 0.418 e. The Morgan fingerprint density at radius 3 is 2.46 bits per heavy atom. The van der Waals surface area contributed by atoms with Crippen LogP contribution in [0.4, 0.5) is 10.5 Å². The smallest absolute Gasteiger partial charge is 0.418 e. The number of imide groups is 1. The summed E-state index contributed by atoms with van der Waals surface area (Å²) in [6.07, 6.45) is -0.965. The van der Waals surface area contributed by atoms with Crippen molar-refractivity contribution in [3.05, 3.63) is 29.8 Å². The average molecular weight is 364 g/mol. The fourth-order valence-electron chi connectivity index (χ4n) is 3.25. The van der Waals surface area contributed by atoms with E-state index in [2.05, 4.69) is 5.32 Å². The number of anilines is 1. The van der Waals surface area contributed by atoms with Crippen LogP contribution in [0.25, 0.3) is 0 Å². The summed E-state index contributed by atoms with van der Waals surface area (Å²) in [5.41, 5.74) is -0.761. The number of aliphatic hydroxyl groups is 2. The van der Waals surface area contributed by atoms with Crippen molar-refractivity contribution in [2.45, 2.75) is 38.1 Å². The van der Waals surface area contributed by atoms with Crippen molar-refractivity contribution < 1.29 is 29.7 Å². The van der Waals surface area contributed by atoms with Crippen LogP contribution in [0.2, 0.25) is 0 Å². The summed E-state index contributed by atoms with van der Waals surface area (Å²) in [4.78, 5) is 37.0. The van der Waals surface area contributed by atoms with Gasteiger partial charge < -0.3 is 20.6 Å². The first-order valence-corrected chi connectivity index (χ1v) is 8.49. The molecule has 2 rings (SSSR count). The molecule has 2 unspecified atom stereocenters. The van der Waals surface area contributed by atoms with E-state index in [1.807, 2.05) is 0 Å². The predicted molar refractivity (Wildman–Crippen MR) is 93.8 cm³/mol. The quantitative estimate of drug-likeness (QED) is 0.598. The topological polar surface area (TPSA) is 127 Å². The molecule has 1 aromatic rings. The van der Waals surface area contributed by atoms with Crippen molar-refractivity contribution in [1.82, 2.24) is 5.32 Å². The molecular weight excluding hydrogens is 340 g/mol. The number of nitrogens with zero attached hydrogens (tertiary/aromatic N) is 1. The number of para-hydroxylation sites is 1. The van der Waals surface area contributed by atoms with Crippen LogP contribution in [0.1, 0.15) is 38.2 Å². The first-order chi connectivity index (χ1) is 12.3. The number of aliphatic hydroxyl groups excluding tert-OH is 2. The van der Waals surface area contributed by atoms with Gasteiger partial charge in [-0.25, -0.2) is 9.69 Å². The molecule has 142 valence electrons. The standard InChI is InChI=1S/C18H24N2O6/c1-3-11(2)16(24)20(17(25)26)14-7-5-4-6-12(14)13-8-15(23)19-18(13,9-21)10-22/h4-7,11,13,21-22H,3,8-10H2,1-2H3,(H,19,23)(H,25,26). The number of nitrogens with one attached hydrogen (secondary N) is 1. The van der Waals surface area contributed by atoms with E-state index in [0.29, 0.717) is 16.9 Å². The van der Waals surface area contributed by atoms with Crippen LogP contribution < -0.4 is 10.2 Å². The SMILES string of the molecule is CCC(C)C(=O)N(C(=O)O)c1ccccc1C1CC(=O)NC1(CO)CO. The largest absolute Gasteiger partial charge is 0.464 e. The second-order valence-electron chi connectivity index (χ2n) is 6.60. The second kappa shape index (κ2) is 7.84. The van der Waals surface area contributed by atoms with Crippen molar-refractivity contribution in [3.8, 4) is 0 Å². The normalized spacial score (nSPS) is 19.7. The predicted octanol–water partition coefficient (Wildman–Crippen LogP) is 1.07. The lowest BCUT2D eigenvalue weighted by Gasteiger charge is -2.33. The Morgan fingerprint density at radius 1 is 1.31 bits per heavy atom. The highest BCUT2D eigenvalue weighted by molar-refractivity contribution is 6.13. The van der Waals surface area contributed by atoms with Gasteiger partial charge in [0, 0.05) is 18.3 Å². The zero-order valence-electron chi connectivity index (χ0n) is 14.8. The molecule has 0 saturated carbocycles. The van der Waals surface area contributed by atoms with E-state index in [-0.39, 0.29) is 18.0 Å². The van der Waals surface area contributed by atoms with Gasteiger partial charge in [0.25, 0.3) is 0 Å². The first kappa shape index (κ1) is 19.9. The molecule has 0 radical (unpaired) electrons. The summed E-state index contributed by atoms with van der Waals surface area (Å²) in [5, 5.41) is 31.8. The number of benzene rings is 1. The van der Waals surface area contributed by atoms with E-state index in [1.165, 1.54) is 6.07 Å². The van der Waals surface area contributed by atoms with Crippen LogP contribution in [-0.2, 0) is 9.59 Å². The van der Waals surface area contributed by atoms with Gasteiger partial charge in [-0.15, -0.1) is 0 Å². The molecule has 1 fully saturated rings. The van der Waals surface area contributed by atoms with Crippen LogP contribution in [0.3, 0.4) is 0 Å². The highest BCUT2D eigenvalue weighted by atomic mass is 16.4. The van der Waals surface area contributed by atoms with E-state index in [9.17, 15) is 29.7 Å². The lowest BCUT2D eigenvalue weighted by molar-refractivity contribution is -0.121. The minimum Gasteiger partial charge on any atom is -0.464 e. The van der Waals surface area contributed by atoms with E-state index in [0.717, 1.165) is 0 Å². The fourth-order valence-corrected chi connectivity index (χ4v) is 3.25. The van der Waals surface area contributed by atoms with Crippen molar-refractivity contribution in [3.63, 3.8) is 0 Å². The second-order valence-corrected chi connectivity index (χ2v) is 6.60. The number of hydrogen-bond donors (Lipinski definition) is 4. The van der Waals surface area contributed by atoms with Crippen molar-refractivity contribution >= 4 is 23.6 Å². The van der Waals surface area contributed by atoms with Crippen LogP contribution in [0.15, 0.2) is 24.3 Å². The van der Waals surface area contributed by atoms with Crippen molar-refractivity contribution in [2.24, 2.45) is 5.92 Å². The number of hydrogen-bond acceptors (Lipinski definition) is 5. The third kappa shape index (κ3) is 3.42. The number of rotatable bonds is 6. The molecule has 1 heterocycles. The molecule has 1 aromatic carbocycles. The van der Waals surface area contributed by atoms with Gasteiger partial charge in [0.15, 0.2) is 0 Å². The van der Waals surface area contributed by atoms with Gasteiger partial charge >= 0.3 is 6.09 Å². The molecule has 8 nitrogen and oxygen atoms in total. The van der Waals surface area contributed by atoms with E-state index in [4.69, 9.17) is 0 Å². The molecule has 8 heteroatoms. The van der Waals surface area contributed by atoms with Gasteiger partial charge in [-0.05, 0) is 18.1 Å². The Morgan fingerprint density at radius 2 is 1.92 bits per heavy atom. The molecule has 1 saturated heterocycles. The molecule has 1 aliphatic heterocycles. The maximum absolute atomic E-state index is 12.6. The minimum atomic E-state index is -1.42. The number of amides is 3. The summed E-state index contributed by atoms with van der Waals surface area (Å²) >= 11 is 0. The van der Waals surface area contributed by atoms with Crippen molar-refractivity contribution in [1.29, 1.82) is 0 Å². The molecule has 0 bridgehead atoms. The van der Waals surface area contributed by atoms with Gasteiger partial charge in [0.1, 0.15) is 0 Å². The first-order valence-electron chi connectivity index (χ1n) is 8.49. The van der Waals surface area contributed by atoms with Crippen LogP contribution in [0.5, 0.6) is 0 Å². The Balaban J connectivity index is 2.58. The third-order valence-electron chi connectivity index (χ3n) is 5.01. The molecule has 1 aliphatic rings. The van der Waals surface area contributed by atoms with Crippen molar-refractivity contribution in [2.75, 3.05) is 18.1 Å². The van der Waals surface area contributed by atoms with Gasteiger partial charge in [-0.2, -0.15) is 0 Å². The monoisotopic (exact) mass is 364 g/mol. The Labute approximate surface area is 151 Å². The lowest BCUT2D eigenvalue weighted by atomic mass is 9.80. The van der Waals surface area contributed by atoms with Gasteiger partial charge in [0.2, 0.25) is 11.8 Å². The van der Waals surface area contributed by atoms with Crippen LogP contribution in [-0.4, -0.2) is 52.0 Å². The molecular formula is C18H24N2O6. The summed E-state index contributed by atoms with van der Waals surface area (Å²) in [7, 11) is 0. The molecule has 2 atom stereocenters. The fraction of sp³-hybridized carbons (Fsp3) is 0.500. The molecule has 4 N–H and O–H groups in total. The number of carbonyl (C=O) groups excluding carboxylic acids is 2. The Kier molecular flexibility index (Phi) is 5.99. The minimum absolute atomic E-state index is 0.0247. The van der Waals surface area contributed by atoms with E-state index < -0.39 is 42.6 Å². The zero-order valence-corrected chi connectivity index (χ0v) is 14.8. The van der Waals surface area contributed by atoms with E-state index in [1.54, 1.807) is 32.0 Å². The molecule has 0 spiro atoms. The summed E-state index contributed by atoms with van der Waals surface area (Å²) in [6, 6.07) is 6.36. The van der Waals surface area contributed by atoms with E-state index >= 15 is 0 Å². The Bertz CT molecular complexity index is 701.